The monoisotopic (exact) mass is 345 g/mol. The van der Waals surface area contributed by atoms with Crippen molar-refractivity contribution in [3.05, 3.63) is 29.3 Å². The van der Waals surface area contributed by atoms with Gasteiger partial charge in [0.05, 0.1) is 12.7 Å². The van der Waals surface area contributed by atoms with Crippen LogP contribution in [0.3, 0.4) is 0 Å². The van der Waals surface area contributed by atoms with Crippen molar-refractivity contribution in [2.75, 3.05) is 25.5 Å². The van der Waals surface area contributed by atoms with Crippen LogP contribution in [0.15, 0.2) is 18.2 Å². The number of nitrogens with zero attached hydrogens (tertiary/aromatic N) is 2. The zero-order valence-electron chi connectivity index (χ0n) is 14.1. The quantitative estimate of drug-likeness (QED) is 0.652. The summed E-state index contributed by atoms with van der Waals surface area (Å²) in [4.78, 5) is 50.9. The fourth-order valence-corrected chi connectivity index (χ4v) is 3.16. The van der Waals surface area contributed by atoms with Gasteiger partial charge in [0.25, 0.3) is 5.91 Å². The van der Waals surface area contributed by atoms with E-state index >= 15 is 0 Å². The molecular formula is C17H19N3O5. The average molecular weight is 345 g/mol. The van der Waals surface area contributed by atoms with E-state index in [0.29, 0.717) is 24.2 Å². The van der Waals surface area contributed by atoms with Crippen LogP contribution in [-0.2, 0) is 14.3 Å². The Hall–Kier alpha value is -2.90. The molecule has 0 spiro atoms. The van der Waals surface area contributed by atoms with E-state index in [9.17, 15) is 19.2 Å². The van der Waals surface area contributed by atoms with Crippen LogP contribution in [0.2, 0.25) is 0 Å². The molecule has 1 aromatic rings. The smallest absolute Gasteiger partial charge is 0.337 e. The van der Waals surface area contributed by atoms with E-state index in [1.807, 2.05) is 0 Å². The van der Waals surface area contributed by atoms with Crippen LogP contribution in [-0.4, -0.2) is 59.9 Å². The molecular weight excluding hydrogens is 326 g/mol. The Balaban J connectivity index is 1.70. The van der Waals surface area contributed by atoms with Crippen molar-refractivity contribution >= 4 is 29.5 Å². The Morgan fingerprint density at radius 1 is 1.32 bits per heavy atom. The van der Waals surface area contributed by atoms with Crippen LogP contribution < -0.4 is 5.32 Å². The maximum Gasteiger partial charge on any atom is 0.337 e. The fraction of sp³-hybridized carbons (Fsp3) is 0.412. The van der Waals surface area contributed by atoms with E-state index in [2.05, 4.69) is 10.1 Å². The summed E-state index contributed by atoms with van der Waals surface area (Å²) in [6.45, 7) is 1.99. The second kappa shape index (κ2) is 6.54. The number of carbonyl (C=O) groups excluding carboxylic acids is 4. The molecule has 0 aliphatic carbocycles. The molecule has 0 aromatic heterocycles. The SMILES string of the molecule is COC(=O)c1ccc(C)c(NC(=O)CN2C(=O)[C@@H]3CCCN3C2=O)c1. The third-order valence-corrected chi connectivity index (χ3v) is 4.51. The molecule has 2 aliphatic rings. The number of nitrogens with one attached hydrogen (secondary N) is 1. The first-order chi connectivity index (χ1) is 11.9. The minimum absolute atomic E-state index is 0.303. The number of amides is 4. The fourth-order valence-electron chi connectivity index (χ4n) is 3.16. The molecule has 2 aliphatic heterocycles. The van der Waals surface area contributed by atoms with Gasteiger partial charge in [-0.05, 0) is 37.5 Å². The Morgan fingerprint density at radius 3 is 2.76 bits per heavy atom. The molecule has 1 atom stereocenters. The van der Waals surface area contributed by atoms with Crippen LogP contribution in [0.25, 0.3) is 0 Å². The zero-order valence-corrected chi connectivity index (χ0v) is 14.1. The van der Waals surface area contributed by atoms with Crippen molar-refractivity contribution in [1.82, 2.24) is 9.80 Å². The second-order valence-corrected chi connectivity index (χ2v) is 6.13. The summed E-state index contributed by atoms with van der Waals surface area (Å²) in [5, 5.41) is 2.65. The predicted octanol–water partition coefficient (Wildman–Crippen LogP) is 1.15. The van der Waals surface area contributed by atoms with Gasteiger partial charge in [-0.25, -0.2) is 9.59 Å². The minimum Gasteiger partial charge on any atom is -0.465 e. The van der Waals surface area contributed by atoms with Crippen molar-refractivity contribution in [2.45, 2.75) is 25.8 Å². The van der Waals surface area contributed by atoms with Crippen molar-refractivity contribution in [3.63, 3.8) is 0 Å². The molecule has 0 saturated carbocycles. The topological polar surface area (TPSA) is 96.0 Å². The molecule has 132 valence electrons. The molecule has 2 fully saturated rings. The highest BCUT2D eigenvalue weighted by molar-refractivity contribution is 6.08. The summed E-state index contributed by atoms with van der Waals surface area (Å²) < 4.78 is 4.66. The van der Waals surface area contributed by atoms with E-state index in [0.717, 1.165) is 16.9 Å². The Morgan fingerprint density at radius 2 is 2.08 bits per heavy atom. The molecule has 2 saturated heterocycles. The largest absolute Gasteiger partial charge is 0.465 e. The number of ether oxygens (including phenoxy) is 1. The van der Waals surface area contributed by atoms with Gasteiger partial charge in [0.15, 0.2) is 0 Å². The van der Waals surface area contributed by atoms with E-state index in [1.54, 1.807) is 19.1 Å². The van der Waals surface area contributed by atoms with Crippen molar-refractivity contribution in [1.29, 1.82) is 0 Å². The molecule has 8 nitrogen and oxygen atoms in total. The van der Waals surface area contributed by atoms with Gasteiger partial charge in [0.2, 0.25) is 5.91 Å². The molecule has 25 heavy (non-hydrogen) atoms. The van der Waals surface area contributed by atoms with Gasteiger partial charge >= 0.3 is 12.0 Å². The van der Waals surface area contributed by atoms with Crippen LogP contribution in [0.4, 0.5) is 10.5 Å². The average Bonchev–Trinajstić information content (AvgIpc) is 3.16. The number of urea groups is 1. The summed E-state index contributed by atoms with van der Waals surface area (Å²) >= 11 is 0. The van der Waals surface area contributed by atoms with Gasteiger partial charge in [-0.3, -0.25) is 14.5 Å². The molecule has 3 rings (SSSR count). The van der Waals surface area contributed by atoms with Gasteiger partial charge in [-0.2, -0.15) is 0 Å². The zero-order chi connectivity index (χ0) is 18.1. The number of carbonyl (C=O) groups is 4. The second-order valence-electron chi connectivity index (χ2n) is 6.13. The molecule has 0 bridgehead atoms. The van der Waals surface area contributed by atoms with Gasteiger partial charge in [-0.15, -0.1) is 0 Å². The van der Waals surface area contributed by atoms with E-state index in [4.69, 9.17) is 0 Å². The lowest BCUT2D eigenvalue weighted by atomic mass is 10.1. The number of fused-ring (bicyclic) bond motifs is 1. The Labute approximate surface area is 144 Å². The molecule has 0 radical (unpaired) electrons. The van der Waals surface area contributed by atoms with Gasteiger partial charge in [0.1, 0.15) is 12.6 Å². The van der Waals surface area contributed by atoms with Crippen LogP contribution in [0.1, 0.15) is 28.8 Å². The lowest BCUT2D eigenvalue weighted by Gasteiger charge is -2.16. The Bertz CT molecular complexity index is 739. The Kier molecular flexibility index (Phi) is 4.43. The standard InChI is InChI=1S/C17H19N3O5/c1-10-5-6-11(16(23)25-2)8-12(10)18-14(21)9-20-15(22)13-4-3-7-19(13)17(20)24/h5-6,8,13H,3-4,7,9H2,1-2H3,(H,18,21)/t13-/m0/s1. The summed E-state index contributed by atoms with van der Waals surface area (Å²) in [5.74, 6) is -1.33. The number of methoxy groups -OCH3 is 1. The lowest BCUT2D eigenvalue weighted by Crippen LogP contribution is -2.39. The van der Waals surface area contributed by atoms with Crippen LogP contribution >= 0.6 is 0 Å². The number of hydrogen-bond acceptors (Lipinski definition) is 5. The molecule has 0 unspecified atom stereocenters. The molecule has 1 N–H and O–H groups in total. The van der Waals surface area contributed by atoms with Crippen molar-refractivity contribution in [2.24, 2.45) is 0 Å². The van der Waals surface area contributed by atoms with Crippen molar-refractivity contribution < 1.29 is 23.9 Å². The third-order valence-electron chi connectivity index (χ3n) is 4.51. The molecule has 2 heterocycles. The first kappa shape index (κ1) is 16.9. The van der Waals surface area contributed by atoms with Gasteiger partial charge in [-0.1, -0.05) is 6.07 Å². The number of benzene rings is 1. The maximum atomic E-state index is 12.3. The highest BCUT2D eigenvalue weighted by Gasteiger charge is 2.47. The summed E-state index contributed by atoms with van der Waals surface area (Å²) in [6, 6.07) is 3.95. The summed E-state index contributed by atoms with van der Waals surface area (Å²) in [6.07, 6.45) is 1.45. The first-order valence-corrected chi connectivity index (χ1v) is 8.03. The van der Waals surface area contributed by atoms with E-state index < -0.39 is 23.9 Å². The normalized spacial score (nSPS) is 19.2. The predicted molar refractivity (Wildman–Crippen MR) is 88.0 cm³/mol. The number of anilines is 1. The van der Waals surface area contributed by atoms with Crippen LogP contribution in [0.5, 0.6) is 0 Å². The number of imide groups is 1. The first-order valence-electron chi connectivity index (χ1n) is 8.03. The molecule has 1 aromatic carbocycles. The molecule has 8 heteroatoms. The summed E-state index contributed by atoms with van der Waals surface area (Å²) in [5.41, 5.74) is 1.49. The number of hydrogen-bond donors (Lipinski definition) is 1. The lowest BCUT2D eigenvalue weighted by molar-refractivity contribution is -0.131. The summed E-state index contributed by atoms with van der Waals surface area (Å²) in [7, 11) is 1.28. The van der Waals surface area contributed by atoms with E-state index in [1.165, 1.54) is 18.1 Å². The number of esters is 1. The highest BCUT2D eigenvalue weighted by atomic mass is 16.5. The highest BCUT2D eigenvalue weighted by Crippen LogP contribution is 2.27. The third kappa shape index (κ3) is 3.07. The van der Waals surface area contributed by atoms with Gasteiger partial charge in [0, 0.05) is 12.2 Å². The van der Waals surface area contributed by atoms with E-state index in [-0.39, 0.29) is 12.5 Å². The number of rotatable bonds is 4. The van der Waals surface area contributed by atoms with Gasteiger partial charge < -0.3 is 15.0 Å². The molecule has 4 amide bonds. The number of aryl methyl sites for hydroxylation is 1. The minimum atomic E-state index is -0.513. The maximum absolute atomic E-state index is 12.3. The van der Waals surface area contributed by atoms with Crippen LogP contribution in [0, 0.1) is 6.92 Å². The van der Waals surface area contributed by atoms with Crippen molar-refractivity contribution in [3.8, 4) is 0 Å².